The molecule has 0 bridgehead atoms. The van der Waals surface area contributed by atoms with Gasteiger partial charge in [-0.1, -0.05) is 26.0 Å². The second kappa shape index (κ2) is 5.18. The van der Waals surface area contributed by atoms with Crippen molar-refractivity contribution >= 4 is 0 Å². The molecule has 0 heterocycles. The van der Waals surface area contributed by atoms with Crippen LogP contribution >= 0.6 is 0 Å². The van der Waals surface area contributed by atoms with Gasteiger partial charge in [0.05, 0.1) is 0 Å². The van der Waals surface area contributed by atoms with Crippen molar-refractivity contribution in [2.75, 3.05) is 0 Å². The summed E-state index contributed by atoms with van der Waals surface area (Å²) in [5, 5.41) is 0. The van der Waals surface area contributed by atoms with Crippen molar-refractivity contribution in [3.8, 4) is 0 Å². The molecule has 0 radical (unpaired) electrons. The topological polar surface area (TPSA) is 26.0 Å². The van der Waals surface area contributed by atoms with E-state index < -0.39 is 0 Å². The lowest BCUT2D eigenvalue weighted by molar-refractivity contribution is 0.193. The molecule has 0 spiro atoms. The zero-order valence-electron chi connectivity index (χ0n) is 10.7. The molecule has 1 nitrogen and oxygen atoms in total. The predicted molar refractivity (Wildman–Crippen MR) is 69.0 cm³/mol. The fourth-order valence-corrected chi connectivity index (χ4v) is 3.29. The summed E-state index contributed by atoms with van der Waals surface area (Å²) in [5.41, 5.74) is 7.24. The first-order valence-electron chi connectivity index (χ1n) is 6.57. The van der Waals surface area contributed by atoms with Crippen LogP contribution in [0.1, 0.15) is 44.7 Å². The van der Waals surface area contributed by atoms with Crippen molar-refractivity contribution < 1.29 is 4.39 Å². The van der Waals surface area contributed by atoms with E-state index in [-0.39, 0.29) is 11.9 Å². The van der Waals surface area contributed by atoms with Gasteiger partial charge in [0.2, 0.25) is 0 Å². The van der Waals surface area contributed by atoms with Crippen LogP contribution in [0.3, 0.4) is 0 Å². The Morgan fingerprint density at radius 3 is 2.41 bits per heavy atom. The molecule has 1 aromatic rings. The summed E-state index contributed by atoms with van der Waals surface area (Å²) in [6, 6.07) is 6.73. The monoisotopic (exact) mass is 235 g/mol. The Labute approximate surface area is 103 Å². The van der Waals surface area contributed by atoms with E-state index in [0.717, 1.165) is 17.4 Å². The summed E-state index contributed by atoms with van der Waals surface area (Å²) in [5.74, 6) is 1.79. The highest BCUT2D eigenvalue weighted by Gasteiger charge is 2.28. The molecule has 0 saturated heterocycles. The largest absolute Gasteiger partial charge is 0.324 e. The van der Waals surface area contributed by atoms with Crippen LogP contribution in [0.4, 0.5) is 4.39 Å². The standard InChI is InChI=1S/C15H22FN/c1-10-6-11(2)8-13(7-10)15(17)12-4-3-5-14(16)9-12/h3-5,9-11,13,15H,6-8,17H2,1-2H3. The summed E-state index contributed by atoms with van der Waals surface area (Å²) in [4.78, 5) is 0. The number of halogens is 1. The molecule has 17 heavy (non-hydrogen) atoms. The molecular weight excluding hydrogens is 213 g/mol. The number of nitrogens with two attached hydrogens (primary N) is 1. The van der Waals surface area contributed by atoms with Crippen LogP contribution in [0.2, 0.25) is 0 Å². The fourth-order valence-electron chi connectivity index (χ4n) is 3.29. The van der Waals surface area contributed by atoms with Crippen molar-refractivity contribution in [3.05, 3.63) is 35.6 Å². The first kappa shape index (κ1) is 12.6. The lowest BCUT2D eigenvalue weighted by atomic mass is 9.72. The zero-order chi connectivity index (χ0) is 12.4. The third-order valence-electron chi connectivity index (χ3n) is 3.96. The number of benzene rings is 1. The van der Waals surface area contributed by atoms with Gasteiger partial charge in [0.1, 0.15) is 5.82 Å². The highest BCUT2D eigenvalue weighted by Crippen LogP contribution is 2.38. The second-order valence-corrected chi connectivity index (χ2v) is 5.76. The van der Waals surface area contributed by atoms with Gasteiger partial charge in [0.15, 0.2) is 0 Å². The van der Waals surface area contributed by atoms with E-state index in [4.69, 9.17) is 5.73 Å². The Balaban J connectivity index is 2.11. The Morgan fingerprint density at radius 2 is 1.82 bits per heavy atom. The van der Waals surface area contributed by atoms with Crippen LogP contribution in [0, 0.1) is 23.6 Å². The van der Waals surface area contributed by atoms with Crippen molar-refractivity contribution in [2.24, 2.45) is 23.5 Å². The molecule has 3 atom stereocenters. The molecule has 2 heteroatoms. The summed E-state index contributed by atoms with van der Waals surface area (Å²) in [6.45, 7) is 4.59. The van der Waals surface area contributed by atoms with Crippen LogP contribution < -0.4 is 5.73 Å². The van der Waals surface area contributed by atoms with E-state index in [9.17, 15) is 4.39 Å². The molecule has 2 rings (SSSR count). The zero-order valence-corrected chi connectivity index (χ0v) is 10.7. The quantitative estimate of drug-likeness (QED) is 0.826. The summed E-state index contributed by atoms with van der Waals surface area (Å²) >= 11 is 0. The van der Waals surface area contributed by atoms with Gasteiger partial charge in [-0.05, 0) is 54.7 Å². The molecule has 1 aliphatic rings. The maximum Gasteiger partial charge on any atom is 0.123 e. The predicted octanol–water partition coefficient (Wildman–Crippen LogP) is 3.90. The van der Waals surface area contributed by atoms with Crippen molar-refractivity contribution in [3.63, 3.8) is 0 Å². The summed E-state index contributed by atoms with van der Waals surface area (Å²) in [6.07, 6.45) is 3.64. The molecule has 0 aliphatic heterocycles. The highest BCUT2D eigenvalue weighted by atomic mass is 19.1. The second-order valence-electron chi connectivity index (χ2n) is 5.76. The molecule has 1 aliphatic carbocycles. The van der Waals surface area contributed by atoms with Gasteiger partial charge in [-0.3, -0.25) is 0 Å². The Bertz CT molecular complexity index is 367. The number of rotatable bonds is 2. The SMILES string of the molecule is CC1CC(C)CC(C(N)c2cccc(F)c2)C1. The van der Waals surface area contributed by atoms with Crippen LogP contribution in [-0.2, 0) is 0 Å². The smallest absolute Gasteiger partial charge is 0.123 e. The first-order valence-corrected chi connectivity index (χ1v) is 6.57. The van der Waals surface area contributed by atoms with Crippen molar-refractivity contribution in [1.29, 1.82) is 0 Å². The van der Waals surface area contributed by atoms with Gasteiger partial charge in [-0.15, -0.1) is 0 Å². The number of hydrogen-bond acceptors (Lipinski definition) is 1. The van der Waals surface area contributed by atoms with E-state index in [1.807, 2.05) is 6.07 Å². The molecule has 1 saturated carbocycles. The molecule has 94 valence electrons. The lowest BCUT2D eigenvalue weighted by Crippen LogP contribution is -2.29. The van der Waals surface area contributed by atoms with Gasteiger partial charge in [-0.2, -0.15) is 0 Å². The minimum atomic E-state index is -0.185. The third kappa shape index (κ3) is 3.06. The molecule has 2 N–H and O–H groups in total. The van der Waals surface area contributed by atoms with Crippen molar-refractivity contribution in [1.82, 2.24) is 0 Å². The first-order chi connectivity index (χ1) is 8.06. The van der Waals surface area contributed by atoms with Gasteiger partial charge in [0, 0.05) is 6.04 Å². The van der Waals surface area contributed by atoms with Gasteiger partial charge < -0.3 is 5.73 Å². The lowest BCUT2D eigenvalue weighted by Gasteiger charge is -2.35. The van der Waals surface area contributed by atoms with E-state index in [2.05, 4.69) is 13.8 Å². The third-order valence-corrected chi connectivity index (χ3v) is 3.96. The Kier molecular flexibility index (Phi) is 3.82. The van der Waals surface area contributed by atoms with Crippen LogP contribution in [0.15, 0.2) is 24.3 Å². The molecular formula is C15H22FN. The van der Waals surface area contributed by atoms with Crippen LogP contribution in [0.5, 0.6) is 0 Å². The Morgan fingerprint density at radius 1 is 1.18 bits per heavy atom. The van der Waals surface area contributed by atoms with E-state index >= 15 is 0 Å². The fraction of sp³-hybridized carbons (Fsp3) is 0.600. The molecule has 1 aromatic carbocycles. The van der Waals surface area contributed by atoms with Gasteiger partial charge in [-0.25, -0.2) is 4.39 Å². The van der Waals surface area contributed by atoms with Gasteiger partial charge >= 0.3 is 0 Å². The molecule has 3 unspecified atom stereocenters. The normalized spacial score (nSPS) is 31.2. The average molecular weight is 235 g/mol. The van der Waals surface area contributed by atoms with Crippen LogP contribution in [-0.4, -0.2) is 0 Å². The minimum Gasteiger partial charge on any atom is -0.324 e. The highest BCUT2D eigenvalue weighted by molar-refractivity contribution is 5.20. The van der Waals surface area contributed by atoms with Gasteiger partial charge in [0.25, 0.3) is 0 Å². The van der Waals surface area contributed by atoms with Crippen LogP contribution in [0.25, 0.3) is 0 Å². The number of hydrogen-bond donors (Lipinski definition) is 1. The maximum absolute atomic E-state index is 13.2. The minimum absolute atomic E-state index is 0.0177. The average Bonchev–Trinajstić information content (AvgIpc) is 2.26. The molecule has 0 aromatic heterocycles. The van der Waals surface area contributed by atoms with Crippen molar-refractivity contribution in [2.45, 2.75) is 39.2 Å². The Hall–Kier alpha value is -0.890. The summed E-state index contributed by atoms with van der Waals surface area (Å²) < 4.78 is 13.2. The van der Waals surface area contributed by atoms with E-state index in [1.54, 1.807) is 12.1 Å². The van der Waals surface area contributed by atoms with E-state index in [1.165, 1.54) is 25.3 Å². The summed E-state index contributed by atoms with van der Waals surface area (Å²) in [7, 11) is 0. The van der Waals surface area contributed by atoms with E-state index in [0.29, 0.717) is 5.92 Å². The molecule has 1 fully saturated rings. The molecule has 0 amide bonds. The maximum atomic E-state index is 13.2.